The zero-order chi connectivity index (χ0) is 45.9. The van der Waals surface area contributed by atoms with Crippen molar-refractivity contribution >= 4 is 68.6 Å². The zero-order valence-electron chi connectivity index (χ0n) is 39.5. The van der Waals surface area contributed by atoms with Crippen LogP contribution in [0.5, 0.6) is 0 Å². The van der Waals surface area contributed by atoms with Crippen molar-refractivity contribution in [1.29, 1.82) is 0 Å². The molecule has 2 unspecified atom stereocenters. The van der Waals surface area contributed by atoms with Crippen molar-refractivity contribution in [3.8, 4) is 22.3 Å². The lowest BCUT2D eigenvalue weighted by molar-refractivity contribution is 0.245. The topological polar surface area (TPSA) is 9.72 Å². The second-order valence-electron chi connectivity index (χ2n) is 20.8. The molecule has 3 heterocycles. The van der Waals surface area contributed by atoms with Crippen LogP contribution in [0.15, 0.2) is 212 Å². The van der Waals surface area contributed by atoms with E-state index >= 15 is 0 Å². The SMILES string of the molecule is CC(C)(C)c1ccc(N2c3ccccc3B3c4ccccc4N(c4ccccc4)c4cc(N5c6ccc(-c7ccccc7)cc6C6(C)CCc7ccccc7C56C)cc2c43)c(-c2ccccc2)c1. The molecule has 328 valence electrons. The summed E-state index contributed by atoms with van der Waals surface area (Å²) in [6.45, 7) is 12.1. The number of nitrogens with zero attached hydrogens (tertiary/aromatic N) is 3. The molecule has 0 N–H and O–H groups in total. The van der Waals surface area contributed by atoms with Crippen molar-refractivity contribution in [3.63, 3.8) is 0 Å². The predicted octanol–water partition coefficient (Wildman–Crippen LogP) is 14.7. The normalized spacial score (nSPS) is 18.5. The Labute approximate surface area is 402 Å². The van der Waals surface area contributed by atoms with Crippen molar-refractivity contribution in [3.05, 3.63) is 235 Å². The molecule has 0 aromatic heterocycles. The third kappa shape index (κ3) is 5.79. The number of para-hydroxylation sites is 3. The first-order chi connectivity index (χ1) is 33.1. The fourth-order valence-corrected chi connectivity index (χ4v) is 12.7. The van der Waals surface area contributed by atoms with E-state index in [0.29, 0.717) is 0 Å². The van der Waals surface area contributed by atoms with Crippen molar-refractivity contribution in [2.45, 2.75) is 63.8 Å². The molecule has 9 aromatic rings. The van der Waals surface area contributed by atoms with Crippen LogP contribution in [0.1, 0.15) is 63.3 Å². The summed E-state index contributed by atoms with van der Waals surface area (Å²) >= 11 is 0. The summed E-state index contributed by atoms with van der Waals surface area (Å²) < 4.78 is 0. The van der Waals surface area contributed by atoms with Crippen LogP contribution in [0.2, 0.25) is 0 Å². The van der Waals surface area contributed by atoms with Crippen LogP contribution in [0, 0.1) is 0 Å². The monoisotopic (exact) mass is 875 g/mol. The number of benzene rings is 9. The maximum atomic E-state index is 2.75. The average Bonchev–Trinajstić information content (AvgIpc) is 3.59. The van der Waals surface area contributed by atoms with Gasteiger partial charge in [0.05, 0.1) is 11.2 Å². The highest BCUT2D eigenvalue weighted by molar-refractivity contribution is 7.00. The third-order valence-corrected chi connectivity index (χ3v) is 16.2. The van der Waals surface area contributed by atoms with Gasteiger partial charge in [-0.2, -0.15) is 0 Å². The number of aryl methyl sites for hydroxylation is 1. The van der Waals surface area contributed by atoms with Gasteiger partial charge >= 0.3 is 0 Å². The van der Waals surface area contributed by atoms with Crippen molar-refractivity contribution in [2.75, 3.05) is 14.7 Å². The predicted molar refractivity (Wildman–Crippen MR) is 288 cm³/mol. The number of fused-ring (bicyclic) bond motifs is 9. The Hall–Kier alpha value is -7.56. The number of hydrogen-bond acceptors (Lipinski definition) is 3. The lowest BCUT2D eigenvalue weighted by atomic mass is 9.33. The standard InChI is InChI=1S/C64H54BN3/c1-62(2,3)47-34-36-55(50(40-47)44-23-11-7-12-24-44)67-58-32-20-18-30-54(58)65-53-29-17-19-31-57(53)66(48-26-13-8-14-27-48)59-41-49(42-60(67)61(59)65)68-56-35-33-46(43-21-9-6-10-22-43)39-52(56)63(4)38-37-45-25-15-16-28-51(45)64(63,68)5/h6-36,39-42H,37-38H2,1-5H3. The highest BCUT2D eigenvalue weighted by Gasteiger charge is 2.60. The Kier molecular flexibility index (Phi) is 8.96. The second kappa shape index (κ2) is 15.0. The molecular formula is C64H54BN3. The minimum atomic E-state index is -0.412. The molecule has 13 rings (SSSR count). The van der Waals surface area contributed by atoms with Crippen LogP contribution >= 0.6 is 0 Å². The van der Waals surface area contributed by atoms with Crippen molar-refractivity contribution in [1.82, 2.24) is 0 Å². The second-order valence-corrected chi connectivity index (χ2v) is 20.8. The molecule has 68 heavy (non-hydrogen) atoms. The fourth-order valence-electron chi connectivity index (χ4n) is 12.7. The summed E-state index contributed by atoms with van der Waals surface area (Å²) in [5.74, 6) is 0. The highest BCUT2D eigenvalue weighted by atomic mass is 15.3. The molecule has 4 heteroatoms. The molecule has 0 bridgehead atoms. The van der Waals surface area contributed by atoms with E-state index in [4.69, 9.17) is 0 Å². The average molecular weight is 876 g/mol. The molecule has 0 radical (unpaired) electrons. The van der Waals surface area contributed by atoms with E-state index in [-0.39, 0.29) is 17.5 Å². The van der Waals surface area contributed by atoms with E-state index in [1.165, 1.54) is 101 Å². The molecule has 9 aromatic carbocycles. The van der Waals surface area contributed by atoms with Gasteiger partial charge in [-0.25, -0.2) is 0 Å². The van der Waals surface area contributed by atoms with Gasteiger partial charge in [0.2, 0.25) is 0 Å². The molecule has 4 aliphatic rings. The Bertz CT molecular complexity index is 3450. The summed E-state index contributed by atoms with van der Waals surface area (Å²) in [5, 5.41) is 0. The van der Waals surface area contributed by atoms with Crippen LogP contribution in [0.25, 0.3) is 22.3 Å². The van der Waals surface area contributed by atoms with Crippen LogP contribution in [0.4, 0.5) is 45.5 Å². The van der Waals surface area contributed by atoms with E-state index in [0.717, 1.165) is 18.5 Å². The molecule has 1 aliphatic carbocycles. The minimum absolute atomic E-state index is 0.0160. The first kappa shape index (κ1) is 40.7. The van der Waals surface area contributed by atoms with E-state index in [1.54, 1.807) is 0 Å². The van der Waals surface area contributed by atoms with Gasteiger partial charge in [0, 0.05) is 50.8 Å². The van der Waals surface area contributed by atoms with E-state index in [2.05, 4.69) is 262 Å². The molecule has 0 saturated carbocycles. The van der Waals surface area contributed by atoms with E-state index < -0.39 is 5.54 Å². The number of hydrogen-bond donors (Lipinski definition) is 0. The van der Waals surface area contributed by atoms with Gasteiger partial charge in [-0.05, 0) is 141 Å². The first-order valence-electron chi connectivity index (χ1n) is 24.4. The van der Waals surface area contributed by atoms with Gasteiger partial charge in [0.15, 0.2) is 0 Å². The summed E-state index contributed by atoms with van der Waals surface area (Å²) in [7, 11) is 0. The number of anilines is 8. The smallest absolute Gasteiger partial charge is 0.252 e. The van der Waals surface area contributed by atoms with Crippen molar-refractivity contribution in [2.24, 2.45) is 0 Å². The maximum absolute atomic E-state index is 2.75. The molecule has 2 atom stereocenters. The molecule has 0 saturated heterocycles. The molecule has 3 aliphatic heterocycles. The van der Waals surface area contributed by atoms with Gasteiger partial charge in [-0.3, -0.25) is 0 Å². The molecule has 3 nitrogen and oxygen atoms in total. The highest BCUT2D eigenvalue weighted by Crippen LogP contribution is 2.65. The lowest BCUT2D eigenvalue weighted by Crippen LogP contribution is -2.61. The first-order valence-corrected chi connectivity index (χ1v) is 24.4. The maximum Gasteiger partial charge on any atom is 0.252 e. The molecular weight excluding hydrogens is 822 g/mol. The summed E-state index contributed by atoms with van der Waals surface area (Å²) in [5.41, 5.74) is 23.5. The van der Waals surface area contributed by atoms with Gasteiger partial charge in [-0.15, -0.1) is 0 Å². The van der Waals surface area contributed by atoms with Crippen LogP contribution < -0.4 is 31.1 Å². The van der Waals surface area contributed by atoms with Crippen LogP contribution in [-0.4, -0.2) is 6.71 Å². The minimum Gasteiger partial charge on any atom is -0.330 e. The van der Waals surface area contributed by atoms with E-state index in [1.807, 2.05) is 0 Å². The Morgan fingerprint density at radius 1 is 0.441 bits per heavy atom. The Morgan fingerprint density at radius 3 is 1.71 bits per heavy atom. The zero-order valence-corrected chi connectivity index (χ0v) is 39.5. The van der Waals surface area contributed by atoms with Gasteiger partial charge in [-0.1, -0.05) is 179 Å². The largest absolute Gasteiger partial charge is 0.330 e. The summed E-state index contributed by atoms with van der Waals surface area (Å²) in [6, 6.07) is 80.2. The van der Waals surface area contributed by atoms with Crippen molar-refractivity contribution < 1.29 is 0 Å². The van der Waals surface area contributed by atoms with Crippen LogP contribution in [0.3, 0.4) is 0 Å². The van der Waals surface area contributed by atoms with E-state index in [9.17, 15) is 0 Å². The summed E-state index contributed by atoms with van der Waals surface area (Å²) in [4.78, 5) is 7.92. The quantitative estimate of drug-likeness (QED) is 0.160. The summed E-state index contributed by atoms with van der Waals surface area (Å²) in [6.07, 6.45) is 2.09. The fraction of sp³-hybridized carbons (Fsp3) is 0.156. The Morgan fingerprint density at radius 2 is 1.01 bits per heavy atom. The Balaban J connectivity index is 1.15. The van der Waals surface area contributed by atoms with Gasteiger partial charge in [0.25, 0.3) is 6.71 Å². The number of rotatable bonds is 5. The molecule has 0 fully saturated rings. The van der Waals surface area contributed by atoms with Gasteiger partial charge < -0.3 is 14.7 Å². The molecule has 0 spiro atoms. The van der Waals surface area contributed by atoms with Crippen LogP contribution in [-0.2, 0) is 22.8 Å². The third-order valence-electron chi connectivity index (χ3n) is 16.2. The molecule has 0 amide bonds. The van der Waals surface area contributed by atoms with Gasteiger partial charge in [0.1, 0.15) is 0 Å². The lowest BCUT2D eigenvalue weighted by Gasteiger charge is -2.52.